The Morgan fingerprint density at radius 1 is 1.35 bits per heavy atom. The number of likely N-dealkylation sites (N-methyl/N-ethyl adjacent to an activating group) is 1. The number of nitrogens with one attached hydrogen (secondary N) is 1. The SMILES string of the molecule is CN1CCCCC1CNc1ccc(Br)cc1Br. The molecule has 2 nitrogen and oxygen atoms in total. The zero-order valence-corrected chi connectivity index (χ0v) is 13.2. The highest BCUT2D eigenvalue weighted by Crippen LogP contribution is 2.26. The topological polar surface area (TPSA) is 15.3 Å². The van der Waals surface area contributed by atoms with Crippen LogP contribution in [0.15, 0.2) is 27.1 Å². The number of piperidine rings is 1. The third-order valence-electron chi connectivity index (χ3n) is 3.38. The number of hydrogen-bond donors (Lipinski definition) is 1. The first kappa shape index (κ1) is 13.4. The summed E-state index contributed by atoms with van der Waals surface area (Å²) in [6, 6.07) is 6.92. The van der Waals surface area contributed by atoms with Gasteiger partial charge in [0.05, 0.1) is 0 Å². The van der Waals surface area contributed by atoms with Crippen LogP contribution in [0.1, 0.15) is 19.3 Å². The van der Waals surface area contributed by atoms with Crippen molar-refractivity contribution in [2.45, 2.75) is 25.3 Å². The molecule has 0 aliphatic carbocycles. The Hall–Kier alpha value is -0.0600. The Morgan fingerprint density at radius 2 is 2.18 bits per heavy atom. The molecule has 0 radical (unpaired) electrons. The van der Waals surface area contributed by atoms with Gasteiger partial charge in [0, 0.05) is 27.2 Å². The van der Waals surface area contributed by atoms with Crippen LogP contribution in [0.25, 0.3) is 0 Å². The van der Waals surface area contributed by atoms with Crippen LogP contribution >= 0.6 is 31.9 Å². The molecule has 94 valence electrons. The van der Waals surface area contributed by atoms with Gasteiger partial charge in [-0.2, -0.15) is 0 Å². The average Bonchev–Trinajstić information content (AvgIpc) is 2.30. The summed E-state index contributed by atoms with van der Waals surface area (Å²) < 4.78 is 2.22. The molecule has 0 aromatic heterocycles. The second-order valence-corrected chi connectivity index (χ2v) is 6.41. The van der Waals surface area contributed by atoms with E-state index in [0.29, 0.717) is 6.04 Å². The third-order valence-corrected chi connectivity index (χ3v) is 4.53. The molecule has 1 saturated heterocycles. The van der Waals surface area contributed by atoms with Gasteiger partial charge in [-0.3, -0.25) is 0 Å². The highest BCUT2D eigenvalue weighted by molar-refractivity contribution is 9.11. The van der Waals surface area contributed by atoms with Gasteiger partial charge in [0.15, 0.2) is 0 Å². The van der Waals surface area contributed by atoms with Crippen LogP contribution in [0.2, 0.25) is 0 Å². The van der Waals surface area contributed by atoms with E-state index in [1.54, 1.807) is 0 Å². The van der Waals surface area contributed by atoms with E-state index in [0.717, 1.165) is 15.5 Å². The zero-order valence-electron chi connectivity index (χ0n) is 10.0. The molecule has 1 N–H and O–H groups in total. The maximum absolute atomic E-state index is 3.58. The maximum atomic E-state index is 3.58. The minimum Gasteiger partial charge on any atom is -0.383 e. The van der Waals surface area contributed by atoms with E-state index >= 15 is 0 Å². The average molecular weight is 362 g/mol. The van der Waals surface area contributed by atoms with E-state index in [-0.39, 0.29) is 0 Å². The maximum Gasteiger partial charge on any atom is 0.0485 e. The molecule has 1 unspecified atom stereocenters. The van der Waals surface area contributed by atoms with Gasteiger partial charge in [0.2, 0.25) is 0 Å². The Balaban J connectivity index is 1.92. The molecule has 4 heteroatoms. The van der Waals surface area contributed by atoms with E-state index in [4.69, 9.17) is 0 Å². The Kier molecular flexibility index (Phi) is 4.88. The molecule has 0 amide bonds. The number of rotatable bonds is 3. The smallest absolute Gasteiger partial charge is 0.0485 e. The summed E-state index contributed by atoms with van der Waals surface area (Å²) in [4.78, 5) is 2.46. The summed E-state index contributed by atoms with van der Waals surface area (Å²) in [7, 11) is 2.22. The monoisotopic (exact) mass is 360 g/mol. The van der Waals surface area contributed by atoms with Crippen molar-refractivity contribution in [3.63, 3.8) is 0 Å². The molecule has 1 atom stereocenters. The molecule has 1 aromatic rings. The molecular weight excluding hydrogens is 344 g/mol. The van der Waals surface area contributed by atoms with Crippen molar-refractivity contribution < 1.29 is 0 Å². The van der Waals surface area contributed by atoms with Crippen molar-refractivity contribution in [1.29, 1.82) is 0 Å². The molecular formula is C13H18Br2N2. The summed E-state index contributed by atoms with van der Waals surface area (Å²) in [5.74, 6) is 0. The van der Waals surface area contributed by atoms with Gasteiger partial charge in [-0.15, -0.1) is 0 Å². The first-order chi connectivity index (χ1) is 8.16. The van der Waals surface area contributed by atoms with E-state index in [2.05, 4.69) is 67.3 Å². The Bertz CT molecular complexity index is 382. The molecule has 1 heterocycles. The predicted molar refractivity (Wildman–Crippen MR) is 80.6 cm³/mol. The van der Waals surface area contributed by atoms with Crippen molar-refractivity contribution in [3.05, 3.63) is 27.1 Å². The van der Waals surface area contributed by atoms with E-state index in [1.165, 1.54) is 31.5 Å². The van der Waals surface area contributed by atoms with E-state index < -0.39 is 0 Å². The third kappa shape index (κ3) is 3.70. The number of likely N-dealkylation sites (tertiary alicyclic amines) is 1. The van der Waals surface area contributed by atoms with Gasteiger partial charge in [-0.25, -0.2) is 0 Å². The molecule has 0 saturated carbocycles. The lowest BCUT2D eigenvalue weighted by Gasteiger charge is -2.32. The number of hydrogen-bond acceptors (Lipinski definition) is 2. The van der Waals surface area contributed by atoms with Crippen molar-refractivity contribution in [3.8, 4) is 0 Å². The van der Waals surface area contributed by atoms with Crippen molar-refractivity contribution in [1.82, 2.24) is 4.90 Å². The Labute approximate surface area is 120 Å². The van der Waals surface area contributed by atoms with Gasteiger partial charge >= 0.3 is 0 Å². The quantitative estimate of drug-likeness (QED) is 0.871. The molecule has 0 bridgehead atoms. The fraction of sp³-hybridized carbons (Fsp3) is 0.538. The standard InChI is InChI=1S/C13H18Br2N2/c1-17-7-3-2-4-11(17)9-16-13-6-5-10(14)8-12(13)15/h5-6,8,11,16H,2-4,7,9H2,1H3. The first-order valence-electron chi connectivity index (χ1n) is 6.06. The Morgan fingerprint density at radius 3 is 2.88 bits per heavy atom. The lowest BCUT2D eigenvalue weighted by Crippen LogP contribution is -2.40. The zero-order chi connectivity index (χ0) is 12.3. The van der Waals surface area contributed by atoms with Crippen LogP contribution in [0.4, 0.5) is 5.69 Å². The molecule has 0 spiro atoms. The predicted octanol–water partition coefficient (Wildman–Crippen LogP) is 4.11. The molecule has 1 aliphatic rings. The van der Waals surface area contributed by atoms with Crippen molar-refractivity contribution in [2.75, 3.05) is 25.5 Å². The lowest BCUT2D eigenvalue weighted by molar-refractivity contribution is 0.194. The summed E-state index contributed by atoms with van der Waals surface area (Å²) >= 11 is 7.05. The van der Waals surface area contributed by atoms with Crippen LogP contribution in [0.5, 0.6) is 0 Å². The molecule has 1 aliphatic heterocycles. The number of benzene rings is 1. The summed E-state index contributed by atoms with van der Waals surface area (Å²) in [6.07, 6.45) is 4.00. The van der Waals surface area contributed by atoms with Crippen LogP contribution in [-0.2, 0) is 0 Å². The minimum atomic E-state index is 0.666. The van der Waals surface area contributed by atoms with Gasteiger partial charge in [-0.05, 0) is 60.6 Å². The first-order valence-corrected chi connectivity index (χ1v) is 7.64. The fourth-order valence-corrected chi connectivity index (χ4v) is 3.45. The van der Waals surface area contributed by atoms with Crippen LogP contribution < -0.4 is 5.32 Å². The summed E-state index contributed by atoms with van der Waals surface area (Å²) in [5, 5.41) is 3.53. The van der Waals surface area contributed by atoms with Crippen molar-refractivity contribution >= 4 is 37.5 Å². The van der Waals surface area contributed by atoms with E-state index in [9.17, 15) is 0 Å². The lowest BCUT2D eigenvalue weighted by atomic mass is 10.0. The van der Waals surface area contributed by atoms with Gasteiger partial charge < -0.3 is 10.2 Å². The molecule has 1 fully saturated rings. The molecule has 2 rings (SSSR count). The van der Waals surface area contributed by atoms with Crippen LogP contribution in [0.3, 0.4) is 0 Å². The van der Waals surface area contributed by atoms with Gasteiger partial charge in [-0.1, -0.05) is 22.4 Å². The van der Waals surface area contributed by atoms with Gasteiger partial charge in [0.1, 0.15) is 0 Å². The highest BCUT2D eigenvalue weighted by Gasteiger charge is 2.18. The largest absolute Gasteiger partial charge is 0.383 e. The molecule has 17 heavy (non-hydrogen) atoms. The second-order valence-electron chi connectivity index (χ2n) is 4.64. The van der Waals surface area contributed by atoms with Crippen LogP contribution in [-0.4, -0.2) is 31.1 Å². The molecule has 1 aromatic carbocycles. The number of anilines is 1. The minimum absolute atomic E-state index is 0.666. The van der Waals surface area contributed by atoms with E-state index in [1.807, 2.05) is 0 Å². The normalized spacial score (nSPS) is 21.5. The van der Waals surface area contributed by atoms with Crippen molar-refractivity contribution in [2.24, 2.45) is 0 Å². The van der Waals surface area contributed by atoms with Crippen LogP contribution in [0, 0.1) is 0 Å². The fourth-order valence-electron chi connectivity index (χ4n) is 2.26. The summed E-state index contributed by atoms with van der Waals surface area (Å²) in [6.45, 7) is 2.25. The second kappa shape index (κ2) is 6.21. The number of nitrogens with zero attached hydrogens (tertiary/aromatic N) is 1. The highest BCUT2D eigenvalue weighted by atomic mass is 79.9. The summed E-state index contributed by atoms with van der Waals surface area (Å²) in [5.41, 5.74) is 1.17. The van der Waals surface area contributed by atoms with Gasteiger partial charge in [0.25, 0.3) is 0 Å². The number of halogens is 2.